The molecule has 8 aromatic rings. The van der Waals surface area contributed by atoms with Crippen molar-refractivity contribution >= 4 is 40.5 Å². The second-order valence-electron chi connectivity index (χ2n) is 28.6. The van der Waals surface area contributed by atoms with Gasteiger partial charge in [-0.05, 0) is 98.5 Å². The van der Waals surface area contributed by atoms with Gasteiger partial charge in [0, 0.05) is 28.4 Å². The maximum Gasteiger partial charge on any atom is 0.297 e. The van der Waals surface area contributed by atoms with Crippen LogP contribution in [0.4, 0.5) is 0 Å². The number of aliphatic hydroxyl groups is 2. The highest BCUT2D eigenvalue weighted by molar-refractivity contribution is 7.87. The summed E-state index contributed by atoms with van der Waals surface area (Å²) < 4.78 is 243. The number of benzene rings is 8. The lowest BCUT2D eigenvalue weighted by molar-refractivity contribution is -0.386. The molecule has 632 valence electrons. The molecule has 4 aliphatic heterocycles. The molecule has 0 amide bonds. The van der Waals surface area contributed by atoms with Crippen molar-refractivity contribution in [2.24, 2.45) is 0 Å². The van der Waals surface area contributed by atoms with E-state index in [-0.39, 0.29) is 52.6 Å². The minimum Gasteiger partial charge on any atom is -0.387 e. The normalized spacial score (nSPS) is 28.0. The summed E-state index contributed by atoms with van der Waals surface area (Å²) >= 11 is 0. The van der Waals surface area contributed by atoms with E-state index < -0.39 is 183 Å². The number of aryl methyl sites for hydroxylation is 4. The van der Waals surface area contributed by atoms with Crippen LogP contribution in [0.1, 0.15) is 44.5 Å². The van der Waals surface area contributed by atoms with Crippen molar-refractivity contribution < 1.29 is 132 Å². The van der Waals surface area contributed by atoms with E-state index in [0.29, 0.717) is 22.3 Å². The molecule has 4 fully saturated rings. The number of methoxy groups -OCH3 is 4. The summed E-state index contributed by atoms with van der Waals surface area (Å²) in [6.07, 6.45) is -35.8. The fourth-order valence-corrected chi connectivity index (χ4v) is 18.2. The molecule has 0 spiro atoms. The van der Waals surface area contributed by atoms with Crippen LogP contribution >= 0.6 is 0 Å². The maximum atomic E-state index is 15.3. The zero-order chi connectivity index (χ0) is 83.0. The lowest BCUT2D eigenvalue weighted by Gasteiger charge is -2.51. The van der Waals surface area contributed by atoms with Crippen LogP contribution in [-0.2, 0) is 155 Å². The van der Waals surface area contributed by atoms with E-state index in [1.54, 1.807) is 131 Å². The molecule has 4 aliphatic rings. The highest BCUT2D eigenvalue weighted by Crippen LogP contribution is 2.42. The van der Waals surface area contributed by atoms with Crippen LogP contribution in [0.3, 0.4) is 0 Å². The monoisotopic (exact) mass is 1700 g/mol. The van der Waals surface area contributed by atoms with Gasteiger partial charge in [-0.2, -0.15) is 33.7 Å². The lowest BCUT2D eigenvalue weighted by Crippen LogP contribution is -2.69. The third kappa shape index (κ3) is 22.9. The van der Waals surface area contributed by atoms with Gasteiger partial charge in [0.25, 0.3) is 40.5 Å². The van der Waals surface area contributed by atoms with Gasteiger partial charge in [0.1, 0.15) is 73.2 Å². The predicted molar refractivity (Wildman–Crippen MR) is 418 cm³/mol. The van der Waals surface area contributed by atoms with E-state index >= 15 is 16.8 Å². The van der Waals surface area contributed by atoms with Gasteiger partial charge < -0.3 is 81.3 Å². The second-order valence-corrected chi connectivity index (χ2v) is 34.9. The first-order valence-electron chi connectivity index (χ1n) is 37.8. The molecule has 0 bridgehead atoms. The summed E-state index contributed by atoms with van der Waals surface area (Å²) in [6, 6.07) is 59.0. The summed E-state index contributed by atoms with van der Waals surface area (Å²) in [4.78, 5) is -1.29. The molecule has 4 heterocycles. The molecule has 12 rings (SSSR count). The highest BCUT2D eigenvalue weighted by atomic mass is 32.2. The highest BCUT2D eigenvalue weighted by Gasteiger charge is 2.60. The first-order chi connectivity index (χ1) is 56.2. The number of hydrogen-bond donors (Lipinski definition) is 2. The smallest absolute Gasteiger partial charge is 0.297 e. The van der Waals surface area contributed by atoms with Crippen LogP contribution < -0.4 is 0 Å². The number of ether oxygens (including phenoxy) is 15. The fourth-order valence-electron chi connectivity index (χ4n) is 14.0. The van der Waals surface area contributed by atoms with Crippen molar-refractivity contribution in [3.8, 4) is 0 Å². The largest absolute Gasteiger partial charge is 0.387 e. The molecular formula is C84H98O29S4. The van der Waals surface area contributed by atoms with Crippen molar-refractivity contribution in [3.05, 3.63) is 263 Å². The summed E-state index contributed by atoms with van der Waals surface area (Å²) in [6.45, 7) is 5.11. The van der Waals surface area contributed by atoms with Crippen molar-refractivity contribution in [3.63, 3.8) is 0 Å². The van der Waals surface area contributed by atoms with Gasteiger partial charge in [0.2, 0.25) is 0 Å². The predicted octanol–water partition coefficient (Wildman–Crippen LogP) is 8.65. The standard InChI is InChI=1S/C84H98O29S4/c1-53-29-37-61(38-30-53)114(87,88)110-77-74(96-6)70(66(103-81(77)86)50-100-46-58-23-15-10-16-24-58)107-83-79(112-116(91,92)63-41-33-55(3)34-42-63)76(98-8)72(68(105-83)52-102-48-60-27-19-12-20-28-60)109-84-80(113-117(93,94)64-43-35-56(4)36-44-64)75(97-7)71(67(106-84)51-101-47-59-25-17-11-18-26-59)108-82-78(111-115(89,90)62-39-31-54(2)32-40-62)73(95-5)69(85)65(104-82)49-99-45-57-21-13-9-14-22-57/h9-44,65-86H,45-52H2,1-8H3/t65-,66-,67-,68-,69-,70-,71-,72-,73+,74+,75-,76+,77+,78+,79+,80+,81+,82-,83-,84-/m1/s1. The Kier molecular flexibility index (Phi) is 31.1. The third-order valence-electron chi connectivity index (χ3n) is 20.1. The van der Waals surface area contributed by atoms with Crippen LogP contribution in [0.2, 0.25) is 0 Å². The van der Waals surface area contributed by atoms with Gasteiger partial charge in [0.15, 0.2) is 49.6 Å². The third-order valence-corrected chi connectivity index (χ3v) is 25.4. The summed E-state index contributed by atoms with van der Waals surface area (Å²) in [5.74, 6) is 0. The fraction of sp³-hybridized carbons (Fsp3) is 0.429. The zero-order valence-corrected chi connectivity index (χ0v) is 68.8. The topological polar surface area (TPSA) is 352 Å². The summed E-state index contributed by atoms with van der Waals surface area (Å²) in [5, 5.41) is 24.2. The second kappa shape index (κ2) is 40.9. The van der Waals surface area contributed by atoms with E-state index in [0.717, 1.165) is 22.3 Å². The molecule has 117 heavy (non-hydrogen) atoms. The molecule has 4 saturated heterocycles. The van der Waals surface area contributed by atoms with Crippen molar-refractivity contribution in [1.82, 2.24) is 0 Å². The minimum absolute atomic E-state index is 0.0158. The van der Waals surface area contributed by atoms with Gasteiger partial charge in [0.05, 0.1) is 72.4 Å². The minimum atomic E-state index is -5.04. The van der Waals surface area contributed by atoms with Gasteiger partial charge >= 0.3 is 0 Å². The molecule has 0 radical (unpaired) electrons. The molecule has 0 unspecified atom stereocenters. The average molecular weight is 1700 g/mol. The van der Waals surface area contributed by atoms with Gasteiger partial charge in [-0.3, -0.25) is 16.7 Å². The number of aliphatic hydroxyl groups excluding tert-OH is 2. The van der Waals surface area contributed by atoms with Gasteiger partial charge in [-0.25, -0.2) is 0 Å². The number of hydrogen-bond acceptors (Lipinski definition) is 29. The Labute approximate surface area is 682 Å². The average Bonchev–Trinajstić information content (AvgIpc) is 0.756. The van der Waals surface area contributed by atoms with Gasteiger partial charge in [-0.15, -0.1) is 0 Å². The lowest BCUT2D eigenvalue weighted by atomic mass is 9.95. The number of rotatable bonds is 38. The molecule has 0 aromatic heterocycles. The zero-order valence-electron chi connectivity index (χ0n) is 65.5. The van der Waals surface area contributed by atoms with Crippen LogP contribution in [-0.4, -0.2) is 222 Å². The Morgan fingerprint density at radius 2 is 0.504 bits per heavy atom. The van der Waals surface area contributed by atoms with E-state index in [1.165, 1.54) is 101 Å². The SMILES string of the molecule is CO[C@@H]1[C@H](OS(=O)(=O)c2ccc(C)cc2)[C@@H](O[C@H]2[C@H](OC)[C@H](OS(=O)(=O)c3ccc(C)cc3)[C@@H](O)O[C@@H]2COCc2ccccc2)O[C@H](COCc2ccccc2)[C@H]1O[C@H]1O[C@H](COCc2ccccc2)[C@@H](O[C@H]2O[C@H](COCc3ccccc3)[C@@H](O)[C@H](OC)[C@@H]2OS(=O)(=O)c2ccc(C)cc2)[C@@H](OC)[C@@H]1OS(=O)(=O)c1ccc(C)cc1. The Balaban J connectivity index is 0.979. The Morgan fingerprint density at radius 1 is 0.274 bits per heavy atom. The van der Waals surface area contributed by atoms with Crippen LogP contribution in [0.15, 0.2) is 238 Å². The van der Waals surface area contributed by atoms with Crippen molar-refractivity contribution in [1.29, 1.82) is 0 Å². The van der Waals surface area contributed by atoms with Crippen molar-refractivity contribution in [2.45, 2.75) is 197 Å². The first kappa shape index (κ1) is 89.0. The van der Waals surface area contributed by atoms with Gasteiger partial charge in [-0.1, -0.05) is 192 Å². The molecule has 29 nitrogen and oxygen atoms in total. The van der Waals surface area contributed by atoms with E-state index in [4.69, 9.17) is 87.8 Å². The molecule has 0 aliphatic carbocycles. The van der Waals surface area contributed by atoms with E-state index in [9.17, 15) is 27.0 Å². The first-order valence-corrected chi connectivity index (χ1v) is 43.4. The summed E-state index contributed by atoms with van der Waals surface area (Å²) in [7, 11) is -14.8. The maximum absolute atomic E-state index is 15.3. The Hall–Kier alpha value is -7.28. The van der Waals surface area contributed by atoms with Crippen LogP contribution in [0.5, 0.6) is 0 Å². The van der Waals surface area contributed by atoms with Crippen LogP contribution in [0.25, 0.3) is 0 Å². The quantitative estimate of drug-likeness (QED) is 0.0342. The molecule has 2 N–H and O–H groups in total. The summed E-state index contributed by atoms with van der Waals surface area (Å²) in [5.41, 5.74) is 5.67. The Bertz CT molecular complexity index is 4880. The Morgan fingerprint density at radius 3 is 0.778 bits per heavy atom. The molecule has 0 saturated carbocycles. The molecule has 20 atom stereocenters. The van der Waals surface area contributed by atoms with E-state index in [1.807, 2.05) is 42.5 Å². The molecule has 33 heteroatoms. The van der Waals surface area contributed by atoms with E-state index in [2.05, 4.69) is 0 Å². The van der Waals surface area contributed by atoms with Crippen molar-refractivity contribution in [2.75, 3.05) is 54.9 Å². The molecular weight excluding hydrogens is 1600 g/mol. The molecule has 8 aromatic carbocycles. The van der Waals surface area contributed by atoms with Crippen LogP contribution in [0, 0.1) is 27.7 Å².